The van der Waals surface area contributed by atoms with Gasteiger partial charge in [0.2, 0.25) is 0 Å². The summed E-state index contributed by atoms with van der Waals surface area (Å²) in [6.07, 6.45) is -1.07. The number of ether oxygens (including phenoxy) is 1. The van der Waals surface area contributed by atoms with E-state index >= 15 is 0 Å². The molecule has 0 saturated heterocycles. The Morgan fingerprint density at radius 3 is 2.39 bits per heavy atom. The monoisotopic (exact) mass is 256 g/mol. The Bertz CT molecular complexity index is 477. The maximum atomic E-state index is 11.9. The number of halogens is 3. The van der Waals surface area contributed by atoms with Crippen molar-refractivity contribution in [2.24, 2.45) is 0 Å². The lowest BCUT2D eigenvalue weighted by Crippen LogP contribution is -2.17. The van der Waals surface area contributed by atoms with Gasteiger partial charge in [-0.05, 0) is 23.8 Å². The van der Waals surface area contributed by atoms with Gasteiger partial charge < -0.3 is 15.0 Å². The molecule has 2 aromatic rings. The molecule has 0 radical (unpaired) electrons. The van der Waals surface area contributed by atoms with E-state index in [9.17, 15) is 13.2 Å². The largest absolute Gasteiger partial charge is 0.573 e. The molecule has 2 rings (SSSR count). The molecule has 0 saturated carbocycles. The smallest absolute Gasteiger partial charge is 0.406 e. The summed E-state index contributed by atoms with van der Waals surface area (Å²) in [5.41, 5.74) is 1.79. The molecular weight excluding hydrogens is 245 g/mol. The van der Waals surface area contributed by atoms with Gasteiger partial charge in [-0.1, -0.05) is 12.1 Å². The highest BCUT2D eigenvalue weighted by atomic mass is 19.4. The predicted molar refractivity (Wildman–Crippen MR) is 61.2 cm³/mol. The van der Waals surface area contributed by atoms with Crippen LogP contribution in [0, 0.1) is 0 Å². The highest BCUT2D eigenvalue weighted by Gasteiger charge is 2.30. The van der Waals surface area contributed by atoms with Crippen LogP contribution in [-0.4, -0.2) is 11.3 Å². The Morgan fingerprint density at radius 2 is 1.83 bits per heavy atom. The van der Waals surface area contributed by atoms with E-state index in [-0.39, 0.29) is 5.75 Å². The van der Waals surface area contributed by atoms with Crippen molar-refractivity contribution in [1.82, 2.24) is 4.98 Å². The number of hydrogen-bond acceptors (Lipinski definition) is 2. The van der Waals surface area contributed by atoms with Crippen molar-refractivity contribution < 1.29 is 17.9 Å². The van der Waals surface area contributed by atoms with Crippen LogP contribution in [0.15, 0.2) is 42.7 Å². The molecule has 0 aliphatic rings. The molecule has 0 atom stereocenters. The average molecular weight is 256 g/mol. The van der Waals surface area contributed by atoms with Gasteiger partial charge in [-0.15, -0.1) is 13.2 Å². The summed E-state index contributed by atoms with van der Waals surface area (Å²) in [7, 11) is 0. The lowest BCUT2D eigenvalue weighted by Gasteiger charge is -2.09. The van der Waals surface area contributed by atoms with Crippen LogP contribution in [0.2, 0.25) is 0 Å². The van der Waals surface area contributed by atoms with Crippen molar-refractivity contribution in [2.75, 3.05) is 5.32 Å². The number of rotatable bonds is 4. The first kappa shape index (κ1) is 12.3. The van der Waals surface area contributed by atoms with Crippen LogP contribution in [0.4, 0.5) is 18.9 Å². The van der Waals surface area contributed by atoms with Crippen LogP contribution in [-0.2, 0) is 6.54 Å². The fourth-order valence-electron chi connectivity index (χ4n) is 1.45. The topological polar surface area (TPSA) is 37.0 Å². The zero-order chi connectivity index (χ0) is 13.0. The number of aromatic nitrogens is 1. The minimum Gasteiger partial charge on any atom is -0.406 e. The van der Waals surface area contributed by atoms with E-state index in [1.54, 1.807) is 24.5 Å². The lowest BCUT2D eigenvalue weighted by molar-refractivity contribution is -0.274. The summed E-state index contributed by atoms with van der Waals surface area (Å²) in [5, 5.41) is 3.11. The molecule has 2 N–H and O–H groups in total. The van der Waals surface area contributed by atoms with E-state index in [1.165, 1.54) is 12.1 Å². The molecule has 6 heteroatoms. The summed E-state index contributed by atoms with van der Waals surface area (Å²) in [5.74, 6) is -0.215. The minimum absolute atomic E-state index is 0.215. The van der Waals surface area contributed by atoms with E-state index in [1.807, 2.05) is 6.07 Å². The fraction of sp³-hybridized carbons (Fsp3) is 0.167. The zero-order valence-electron chi connectivity index (χ0n) is 9.29. The first-order valence-corrected chi connectivity index (χ1v) is 5.24. The van der Waals surface area contributed by atoms with E-state index in [2.05, 4.69) is 15.0 Å². The number of nitrogens with one attached hydrogen (secondary N) is 2. The number of anilines is 1. The maximum Gasteiger partial charge on any atom is 0.573 e. The molecule has 96 valence electrons. The molecule has 1 heterocycles. The molecule has 0 amide bonds. The number of hydrogen-bond donors (Lipinski definition) is 2. The first-order valence-electron chi connectivity index (χ1n) is 5.24. The summed E-state index contributed by atoms with van der Waals surface area (Å²) in [6, 6.07) is 7.62. The molecule has 0 bridgehead atoms. The Balaban J connectivity index is 1.91. The van der Waals surface area contributed by atoms with Crippen molar-refractivity contribution in [3.8, 4) is 5.75 Å². The third-order valence-electron chi connectivity index (χ3n) is 2.25. The summed E-state index contributed by atoms with van der Waals surface area (Å²) >= 11 is 0. The summed E-state index contributed by atoms with van der Waals surface area (Å²) in [4.78, 5) is 2.89. The Hall–Kier alpha value is -2.11. The molecule has 1 aromatic heterocycles. The molecule has 0 aliphatic heterocycles. The number of H-pyrrole nitrogens is 1. The number of aromatic amines is 1. The Kier molecular flexibility index (Phi) is 3.45. The van der Waals surface area contributed by atoms with Crippen LogP contribution >= 0.6 is 0 Å². The highest BCUT2D eigenvalue weighted by Crippen LogP contribution is 2.22. The third kappa shape index (κ3) is 3.73. The number of alkyl halides is 3. The standard InChI is InChI=1S/C12H11F3N2O/c13-12(14,15)18-11-3-1-9(2-4-11)7-17-10-5-6-16-8-10/h1-6,8,16-17H,7H2. The van der Waals surface area contributed by atoms with Gasteiger partial charge in [-0.2, -0.15) is 0 Å². The van der Waals surface area contributed by atoms with Gasteiger partial charge in [0.25, 0.3) is 0 Å². The Labute approximate surface area is 102 Å². The second-order valence-electron chi connectivity index (χ2n) is 3.64. The van der Waals surface area contributed by atoms with Crippen LogP contribution in [0.25, 0.3) is 0 Å². The van der Waals surface area contributed by atoms with E-state index < -0.39 is 6.36 Å². The molecular formula is C12H11F3N2O. The van der Waals surface area contributed by atoms with Crippen molar-refractivity contribution in [3.63, 3.8) is 0 Å². The van der Waals surface area contributed by atoms with E-state index in [0.29, 0.717) is 6.54 Å². The second-order valence-corrected chi connectivity index (χ2v) is 3.64. The summed E-state index contributed by atoms with van der Waals surface area (Å²) < 4.78 is 39.6. The van der Waals surface area contributed by atoms with Crippen molar-refractivity contribution in [3.05, 3.63) is 48.3 Å². The van der Waals surface area contributed by atoms with Crippen molar-refractivity contribution in [1.29, 1.82) is 0 Å². The normalized spacial score (nSPS) is 11.3. The Morgan fingerprint density at radius 1 is 1.11 bits per heavy atom. The van der Waals surface area contributed by atoms with Gasteiger partial charge >= 0.3 is 6.36 Å². The van der Waals surface area contributed by atoms with Crippen LogP contribution in [0.1, 0.15) is 5.56 Å². The van der Waals surface area contributed by atoms with E-state index in [0.717, 1.165) is 11.3 Å². The van der Waals surface area contributed by atoms with E-state index in [4.69, 9.17) is 0 Å². The molecule has 3 nitrogen and oxygen atoms in total. The molecule has 0 fully saturated rings. The van der Waals surface area contributed by atoms with Crippen LogP contribution in [0.5, 0.6) is 5.75 Å². The molecule has 1 aromatic carbocycles. The minimum atomic E-state index is -4.65. The quantitative estimate of drug-likeness (QED) is 0.878. The van der Waals surface area contributed by atoms with Gasteiger partial charge in [-0.25, -0.2) is 0 Å². The van der Waals surface area contributed by atoms with Gasteiger partial charge in [0, 0.05) is 18.9 Å². The SMILES string of the molecule is FC(F)(F)Oc1ccc(CNc2cc[nH]c2)cc1. The summed E-state index contributed by atoms with van der Waals surface area (Å²) in [6.45, 7) is 0.532. The first-order chi connectivity index (χ1) is 8.53. The fourth-order valence-corrected chi connectivity index (χ4v) is 1.45. The van der Waals surface area contributed by atoms with Gasteiger partial charge in [0.05, 0.1) is 5.69 Å². The van der Waals surface area contributed by atoms with Gasteiger partial charge in [-0.3, -0.25) is 0 Å². The molecule has 0 aliphatic carbocycles. The van der Waals surface area contributed by atoms with Crippen LogP contribution < -0.4 is 10.1 Å². The third-order valence-corrected chi connectivity index (χ3v) is 2.25. The lowest BCUT2D eigenvalue weighted by atomic mass is 10.2. The second kappa shape index (κ2) is 5.03. The van der Waals surface area contributed by atoms with Gasteiger partial charge in [0.1, 0.15) is 5.75 Å². The highest BCUT2D eigenvalue weighted by molar-refractivity contribution is 5.41. The van der Waals surface area contributed by atoms with Gasteiger partial charge in [0.15, 0.2) is 0 Å². The van der Waals surface area contributed by atoms with Crippen molar-refractivity contribution in [2.45, 2.75) is 12.9 Å². The number of benzene rings is 1. The predicted octanol–water partition coefficient (Wildman–Crippen LogP) is 3.53. The van der Waals surface area contributed by atoms with Crippen molar-refractivity contribution >= 4 is 5.69 Å². The molecule has 0 unspecified atom stereocenters. The maximum absolute atomic E-state index is 11.9. The molecule has 18 heavy (non-hydrogen) atoms. The molecule has 0 spiro atoms. The van der Waals surface area contributed by atoms with Crippen LogP contribution in [0.3, 0.4) is 0 Å². The average Bonchev–Trinajstić information content (AvgIpc) is 2.79. The zero-order valence-corrected chi connectivity index (χ0v) is 9.29.